The van der Waals surface area contributed by atoms with Gasteiger partial charge in [-0.25, -0.2) is 0 Å². The van der Waals surface area contributed by atoms with E-state index in [1.807, 2.05) is 6.07 Å². The molecule has 0 amide bonds. The second-order valence-corrected chi connectivity index (χ2v) is 13.3. The van der Waals surface area contributed by atoms with Crippen LogP contribution < -0.4 is 0 Å². The van der Waals surface area contributed by atoms with E-state index in [0.717, 1.165) is 76.3 Å². The average Bonchev–Trinajstić information content (AvgIpc) is 3.52. The molecule has 0 saturated carbocycles. The largest absolute Gasteiger partial charge is 0.507 e. The van der Waals surface area contributed by atoms with Crippen LogP contribution in [0.2, 0.25) is 0 Å². The molecule has 10 aromatic carbocycles. The van der Waals surface area contributed by atoms with E-state index in [2.05, 4.69) is 158 Å². The molecule has 1 heterocycles. The van der Waals surface area contributed by atoms with Crippen molar-refractivity contribution >= 4 is 86.6 Å². The number of hydrogen-bond acceptors (Lipinski definition) is 2. The second-order valence-electron chi connectivity index (χ2n) is 13.3. The van der Waals surface area contributed by atoms with Gasteiger partial charge in [0.05, 0.1) is 0 Å². The molecule has 11 aromatic rings. The summed E-state index contributed by atoms with van der Waals surface area (Å²) >= 11 is 0. The Labute approximate surface area is 287 Å². The first-order valence-corrected chi connectivity index (χ1v) is 17.1. The fraction of sp³-hybridized carbons (Fsp3) is 0. The molecule has 0 aliphatic heterocycles. The third-order valence-electron chi connectivity index (χ3n) is 10.7. The van der Waals surface area contributed by atoms with E-state index in [0.29, 0.717) is 0 Å². The van der Waals surface area contributed by atoms with Crippen LogP contribution >= 0.6 is 0 Å². The molecule has 0 fully saturated rings. The van der Waals surface area contributed by atoms with Gasteiger partial charge in [0.25, 0.3) is 0 Å². The molecular weight excluding hydrogens is 609 g/mol. The third-order valence-corrected chi connectivity index (χ3v) is 10.7. The predicted octanol–water partition coefficient (Wildman–Crippen LogP) is 13.5. The number of rotatable bonds is 2. The summed E-state index contributed by atoms with van der Waals surface area (Å²) in [6.45, 7) is 0. The van der Waals surface area contributed by atoms with Crippen molar-refractivity contribution in [3.8, 4) is 28.0 Å². The molecule has 0 atom stereocenters. The van der Waals surface area contributed by atoms with Crippen molar-refractivity contribution in [3.63, 3.8) is 0 Å². The third kappa shape index (κ3) is 3.73. The van der Waals surface area contributed by atoms with Crippen molar-refractivity contribution < 1.29 is 9.52 Å². The van der Waals surface area contributed by atoms with E-state index in [9.17, 15) is 5.11 Å². The number of aromatic hydroxyl groups is 1. The molecule has 0 bridgehead atoms. The molecule has 1 N–H and O–H groups in total. The Bertz CT molecular complexity index is 3130. The summed E-state index contributed by atoms with van der Waals surface area (Å²) in [5, 5.41) is 27.9. The van der Waals surface area contributed by atoms with Crippen LogP contribution in [0.3, 0.4) is 0 Å². The maximum absolute atomic E-state index is 12.0. The van der Waals surface area contributed by atoms with Gasteiger partial charge < -0.3 is 9.52 Å². The molecule has 0 saturated heterocycles. The molecule has 232 valence electrons. The lowest BCUT2D eigenvalue weighted by Crippen LogP contribution is -1.93. The number of phenolic OH excluding ortho intramolecular Hbond substituents is 1. The van der Waals surface area contributed by atoms with Crippen molar-refractivity contribution in [1.29, 1.82) is 0 Å². The topological polar surface area (TPSA) is 33.4 Å². The lowest BCUT2D eigenvalue weighted by atomic mass is 9.82. The lowest BCUT2D eigenvalue weighted by molar-refractivity contribution is 0.478. The van der Waals surface area contributed by atoms with Crippen molar-refractivity contribution in [2.24, 2.45) is 0 Å². The van der Waals surface area contributed by atoms with E-state index in [1.165, 1.54) is 32.5 Å². The zero-order valence-corrected chi connectivity index (χ0v) is 26.9. The van der Waals surface area contributed by atoms with Gasteiger partial charge in [0.15, 0.2) is 0 Å². The second kappa shape index (κ2) is 10.2. The predicted molar refractivity (Wildman–Crippen MR) is 211 cm³/mol. The standard InChI is InChI=1S/C48H28O2/c49-42-23-22-39-33-15-4-3-13-31(33)32-14-5-6-16-34(32)46(39)48(42)47-37-19-9-7-17-35(37)45(36-18-8-10-20-38(36)47)30-21-24-43-40(26-30)41-25-28-11-1-2-12-29(28)27-44(41)50-43/h1-27,49H. The molecule has 0 radical (unpaired) electrons. The Balaban J connectivity index is 1.27. The van der Waals surface area contributed by atoms with Crippen LogP contribution in [0.4, 0.5) is 0 Å². The molecule has 2 heteroatoms. The average molecular weight is 637 g/mol. The van der Waals surface area contributed by atoms with Crippen LogP contribution in [0.5, 0.6) is 5.75 Å². The molecule has 0 aliphatic rings. The Hall–Kier alpha value is -6.64. The number of benzene rings is 10. The molecule has 11 rings (SSSR count). The van der Waals surface area contributed by atoms with Crippen LogP contribution in [0.1, 0.15) is 0 Å². The first kappa shape index (κ1) is 27.3. The Morgan fingerprint density at radius 3 is 1.44 bits per heavy atom. The molecule has 0 unspecified atom stereocenters. The van der Waals surface area contributed by atoms with Crippen molar-refractivity contribution in [2.45, 2.75) is 0 Å². The van der Waals surface area contributed by atoms with E-state index < -0.39 is 0 Å². The van der Waals surface area contributed by atoms with Gasteiger partial charge in [-0.05, 0) is 101 Å². The molecule has 0 spiro atoms. The summed E-state index contributed by atoms with van der Waals surface area (Å²) in [7, 11) is 0. The van der Waals surface area contributed by atoms with Gasteiger partial charge >= 0.3 is 0 Å². The molecule has 2 nitrogen and oxygen atoms in total. The van der Waals surface area contributed by atoms with Gasteiger partial charge in [0.2, 0.25) is 0 Å². The lowest BCUT2D eigenvalue weighted by Gasteiger charge is -2.21. The fourth-order valence-electron chi connectivity index (χ4n) is 8.56. The highest BCUT2D eigenvalue weighted by Crippen LogP contribution is 2.51. The zero-order valence-electron chi connectivity index (χ0n) is 26.9. The quantitative estimate of drug-likeness (QED) is 0.151. The van der Waals surface area contributed by atoms with Crippen molar-refractivity contribution in [2.75, 3.05) is 0 Å². The van der Waals surface area contributed by atoms with Gasteiger partial charge in [-0.3, -0.25) is 0 Å². The summed E-state index contributed by atoms with van der Waals surface area (Å²) in [5.74, 6) is 0.277. The summed E-state index contributed by atoms with van der Waals surface area (Å²) in [4.78, 5) is 0. The zero-order chi connectivity index (χ0) is 32.9. The Morgan fingerprint density at radius 2 is 0.800 bits per heavy atom. The first-order chi connectivity index (χ1) is 24.7. The Kier molecular flexibility index (Phi) is 5.56. The van der Waals surface area contributed by atoms with E-state index in [-0.39, 0.29) is 5.75 Å². The summed E-state index contributed by atoms with van der Waals surface area (Å²) in [6.07, 6.45) is 0. The first-order valence-electron chi connectivity index (χ1n) is 17.1. The van der Waals surface area contributed by atoms with Crippen molar-refractivity contribution in [3.05, 3.63) is 164 Å². The highest BCUT2D eigenvalue weighted by Gasteiger charge is 2.23. The number of furan rings is 1. The number of fused-ring (bicyclic) bond motifs is 12. The van der Waals surface area contributed by atoms with Gasteiger partial charge in [-0.1, -0.05) is 133 Å². The van der Waals surface area contributed by atoms with E-state index in [1.54, 1.807) is 0 Å². The monoisotopic (exact) mass is 636 g/mol. The molecule has 0 aliphatic carbocycles. The van der Waals surface area contributed by atoms with Crippen LogP contribution in [0, 0.1) is 0 Å². The minimum atomic E-state index is 0.277. The fourth-order valence-corrected chi connectivity index (χ4v) is 8.56. The maximum Gasteiger partial charge on any atom is 0.136 e. The molecule has 50 heavy (non-hydrogen) atoms. The summed E-state index contributed by atoms with van der Waals surface area (Å²) in [5.41, 5.74) is 5.99. The summed E-state index contributed by atoms with van der Waals surface area (Å²) < 4.78 is 6.40. The Morgan fingerprint density at radius 1 is 0.320 bits per heavy atom. The highest BCUT2D eigenvalue weighted by molar-refractivity contribution is 6.32. The number of phenols is 1. The van der Waals surface area contributed by atoms with Gasteiger partial charge in [0.1, 0.15) is 16.9 Å². The molecule has 1 aromatic heterocycles. The van der Waals surface area contributed by atoms with Crippen LogP contribution in [-0.2, 0) is 0 Å². The smallest absolute Gasteiger partial charge is 0.136 e. The van der Waals surface area contributed by atoms with Crippen LogP contribution in [-0.4, -0.2) is 5.11 Å². The van der Waals surface area contributed by atoms with E-state index in [4.69, 9.17) is 4.42 Å². The highest BCUT2D eigenvalue weighted by atomic mass is 16.3. The van der Waals surface area contributed by atoms with E-state index >= 15 is 0 Å². The van der Waals surface area contributed by atoms with Gasteiger partial charge in [-0.15, -0.1) is 0 Å². The maximum atomic E-state index is 12.0. The SMILES string of the molecule is Oc1ccc2c3ccccc3c3ccccc3c2c1-c1c2ccccc2c(-c2ccc3oc4cc5ccccc5cc4c3c2)c2ccccc12. The van der Waals surface area contributed by atoms with Gasteiger partial charge in [0, 0.05) is 27.3 Å². The van der Waals surface area contributed by atoms with Crippen LogP contribution in [0.25, 0.3) is 109 Å². The van der Waals surface area contributed by atoms with Crippen LogP contribution in [0.15, 0.2) is 168 Å². The summed E-state index contributed by atoms with van der Waals surface area (Å²) in [6, 6.07) is 57.9. The van der Waals surface area contributed by atoms with Gasteiger partial charge in [-0.2, -0.15) is 0 Å². The minimum Gasteiger partial charge on any atom is -0.507 e. The normalized spacial score (nSPS) is 12.1. The molecular formula is C48H28O2. The number of hydrogen-bond donors (Lipinski definition) is 1. The van der Waals surface area contributed by atoms with Crippen molar-refractivity contribution in [1.82, 2.24) is 0 Å². The minimum absolute atomic E-state index is 0.277.